The van der Waals surface area contributed by atoms with Crippen LogP contribution in [0.15, 0.2) is 60.7 Å². The molecular formula is C20H20N2O3. The lowest BCUT2D eigenvalue weighted by molar-refractivity contribution is -0.123. The van der Waals surface area contributed by atoms with Crippen LogP contribution in [0.3, 0.4) is 0 Å². The second-order valence-electron chi connectivity index (χ2n) is 5.33. The van der Waals surface area contributed by atoms with E-state index in [1.807, 2.05) is 43.3 Å². The number of rotatable bonds is 5. The van der Waals surface area contributed by atoms with Gasteiger partial charge in [0.2, 0.25) is 0 Å². The van der Waals surface area contributed by atoms with Crippen LogP contribution in [0.2, 0.25) is 0 Å². The maximum Gasteiger partial charge on any atom is 0.262 e. The Balaban J connectivity index is 1.79. The standard InChI is InChI=1S/C20H20N2O3/c1-15-3-5-16(6-4-15)9-13-19(23)21-22-20(24)14-10-17-7-11-18(25-2)12-8-17/h3-14H,1-2H3,(H,21,23)(H,22,24). The van der Waals surface area contributed by atoms with Gasteiger partial charge < -0.3 is 4.74 Å². The van der Waals surface area contributed by atoms with Gasteiger partial charge in [-0.1, -0.05) is 42.0 Å². The second kappa shape index (κ2) is 9.08. The Morgan fingerprint density at radius 1 is 0.800 bits per heavy atom. The third-order valence-electron chi connectivity index (χ3n) is 3.36. The molecule has 5 nitrogen and oxygen atoms in total. The minimum atomic E-state index is -0.423. The van der Waals surface area contributed by atoms with Crippen molar-refractivity contribution in [1.29, 1.82) is 0 Å². The van der Waals surface area contributed by atoms with E-state index in [0.29, 0.717) is 0 Å². The van der Waals surface area contributed by atoms with Gasteiger partial charge in [0.15, 0.2) is 0 Å². The van der Waals surface area contributed by atoms with Crippen LogP contribution in [-0.4, -0.2) is 18.9 Å². The van der Waals surface area contributed by atoms with Gasteiger partial charge in [0.25, 0.3) is 11.8 Å². The topological polar surface area (TPSA) is 67.4 Å². The largest absolute Gasteiger partial charge is 0.497 e. The number of aryl methyl sites for hydroxylation is 1. The first-order valence-corrected chi connectivity index (χ1v) is 7.73. The molecule has 0 saturated carbocycles. The Kier molecular flexibility index (Phi) is 6.54. The molecule has 2 N–H and O–H groups in total. The molecule has 2 aromatic carbocycles. The van der Waals surface area contributed by atoms with Crippen LogP contribution in [0, 0.1) is 6.92 Å². The zero-order valence-electron chi connectivity index (χ0n) is 14.2. The van der Waals surface area contributed by atoms with E-state index in [1.165, 1.54) is 12.2 Å². The summed E-state index contributed by atoms with van der Waals surface area (Å²) in [6, 6.07) is 15.0. The fourth-order valence-electron chi connectivity index (χ4n) is 1.94. The van der Waals surface area contributed by atoms with Crippen molar-refractivity contribution in [2.24, 2.45) is 0 Å². The molecule has 0 aliphatic heterocycles. The number of hydrazine groups is 1. The van der Waals surface area contributed by atoms with Crippen molar-refractivity contribution in [3.63, 3.8) is 0 Å². The Labute approximate surface area is 147 Å². The molecule has 2 aromatic rings. The summed E-state index contributed by atoms with van der Waals surface area (Å²) in [4.78, 5) is 23.4. The maximum absolute atomic E-state index is 11.7. The third-order valence-corrected chi connectivity index (χ3v) is 3.36. The number of carbonyl (C=O) groups is 2. The molecule has 0 unspecified atom stereocenters. The molecule has 0 bridgehead atoms. The van der Waals surface area contributed by atoms with E-state index in [0.717, 1.165) is 22.4 Å². The van der Waals surface area contributed by atoms with E-state index in [1.54, 1.807) is 31.4 Å². The Bertz CT molecular complexity index is 776. The van der Waals surface area contributed by atoms with Crippen LogP contribution < -0.4 is 15.6 Å². The number of ether oxygens (including phenoxy) is 1. The number of hydrogen-bond acceptors (Lipinski definition) is 3. The summed E-state index contributed by atoms with van der Waals surface area (Å²) in [5, 5.41) is 0. The number of hydrogen-bond donors (Lipinski definition) is 2. The van der Waals surface area contributed by atoms with Gasteiger partial charge in [-0.15, -0.1) is 0 Å². The van der Waals surface area contributed by atoms with Gasteiger partial charge in [0.05, 0.1) is 7.11 Å². The van der Waals surface area contributed by atoms with Crippen molar-refractivity contribution < 1.29 is 14.3 Å². The number of methoxy groups -OCH3 is 1. The highest BCUT2D eigenvalue weighted by Gasteiger charge is 1.98. The van der Waals surface area contributed by atoms with Gasteiger partial charge in [0.1, 0.15) is 5.75 Å². The fraction of sp³-hybridized carbons (Fsp3) is 0.100. The smallest absolute Gasteiger partial charge is 0.262 e. The van der Waals surface area contributed by atoms with Crippen LogP contribution in [0.1, 0.15) is 16.7 Å². The Hall–Kier alpha value is -3.34. The predicted molar refractivity (Wildman–Crippen MR) is 98.5 cm³/mol. The molecule has 5 heteroatoms. The third kappa shape index (κ3) is 6.35. The van der Waals surface area contributed by atoms with Crippen molar-refractivity contribution in [2.75, 3.05) is 7.11 Å². The van der Waals surface area contributed by atoms with Gasteiger partial charge in [-0.25, -0.2) is 0 Å². The van der Waals surface area contributed by atoms with Crippen molar-refractivity contribution in [3.05, 3.63) is 77.4 Å². The van der Waals surface area contributed by atoms with Crippen molar-refractivity contribution in [2.45, 2.75) is 6.92 Å². The van der Waals surface area contributed by atoms with E-state index in [4.69, 9.17) is 4.74 Å². The summed E-state index contributed by atoms with van der Waals surface area (Å²) >= 11 is 0. The van der Waals surface area contributed by atoms with Crippen LogP contribution in [0.25, 0.3) is 12.2 Å². The quantitative estimate of drug-likeness (QED) is 0.652. The first-order chi connectivity index (χ1) is 12.1. The summed E-state index contributed by atoms with van der Waals surface area (Å²) in [5.41, 5.74) is 7.55. The summed E-state index contributed by atoms with van der Waals surface area (Å²) in [5.74, 6) is -0.0890. The van der Waals surface area contributed by atoms with E-state index in [2.05, 4.69) is 10.9 Å². The molecule has 2 rings (SSSR count). The maximum atomic E-state index is 11.7. The molecule has 0 saturated heterocycles. The van der Waals surface area contributed by atoms with Crippen LogP contribution in [0.4, 0.5) is 0 Å². The van der Waals surface area contributed by atoms with E-state index >= 15 is 0 Å². The van der Waals surface area contributed by atoms with Gasteiger partial charge in [-0.2, -0.15) is 0 Å². The monoisotopic (exact) mass is 336 g/mol. The lowest BCUT2D eigenvalue weighted by Gasteiger charge is -2.02. The summed E-state index contributed by atoms with van der Waals surface area (Å²) in [7, 11) is 1.59. The summed E-state index contributed by atoms with van der Waals surface area (Å²) in [6.07, 6.45) is 6.01. The van der Waals surface area contributed by atoms with Crippen LogP contribution >= 0.6 is 0 Å². The van der Waals surface area contributed by atoms with Gasteiger partial charge in [-0.3, -0.25) is 20.4 Å². The number of carbonyl (C=O) groups excluding carboxylic acids is 2. The molecule has 0 atom stereocenters. The SMILES string of the molecule is COc1ccc(C=CC(=O)NNC(=O)C=Cc2ccc(C)cc2)cc1. The second-order valence-corrected chi connectivity index (χ2v) is 5.33. The molecule has 0 spiro atoms. The minimum Gasteiger partial charge on any atom is -0.497 e. The zero-order valence-corrected chi connectivity index (χ0v) is 14.2. The molecule has 0 heterocycles. The Morgan fingerprint density at radius 2 is 1.24 bits per heavy atom. The number of benzene rings is 2. The van der Waals surface area contributed by atoms with Crippen molar-refractivity contribution >= 4 is 24.0 Å². The molecule has 0 aliphatic rings. The number of amides is 2. The first-order valence-electron chi connectivity index (χ1n) is 7.73. The van der Waals surface area contributed by atoms with E-state index < -0.39 is 11.8 Å². The summed E-state index contributed by atoms with van der Waals surface area (Å²) < 4.78 is 5.06. The van der Waals surface area contributed by atoms with Crippen LogP contribution in [0.5, 0.6) is 5.75 Å². The average Bonchev–Trinajstić information content (AvgIpc) is 2.64. The zero-order chi connectivity index (χ0) is 18.1. The lowest BCUT2D eigenvalue weighted by atomic mass is 10.1. The molecule has 0 fully saturated rings. The van der Waals surface area contributed by atoms with Gasteiger partial charge in [-0.05, 0) is 42.3 Å². The average molecular weight is 336 g/mol. The minimum absolute atomic E-state index is 0.410. The van der Waals surface area contributed by atoms with Crippen molar-refractivity contribution in [1.82, 2.24) is 10.9 Å². The summed E-state index contributed by atoms with van der Waals surface area (Å²) in [6.45, 7) is 2.00. The van der Waals surface area contributed by atoms with Crippen LogP contribution in [-0.2, 0) is 9.59 Å². The molecule has 25 heavy (non-hydrogen) atoms. The lowest BCUT2D eigenvalue weighted by Crippen LogP contribution is -2.39. The molecule has 0 aromatic heterocycles. The first kappa shape index (κ1) is 18.0. The molecule has 0 radical (unpaired) electrons. The van der Waals surface area contributed by atoms with E-state index in [9.17, 15) is 9.59 Å². The highest BCUT2D eigenvalue weighted by molar-refractivity contribution is 5.96. The van der Waals surface area contributed by atoms with Crippen molar-refractivity contribution in [3.8, 4) is 5.75 Å². The predicted octanol–water partition coefficient (Wildman–Crippen LogP) is 2.88. The fourth-order valence-corrected chi connectivity index (χ4v) is 1.94. The molecule has 0 aliphatic carbocycles. The number of nitrogens with one attached hydrogen (secondary N) is 2. The normalized spacial score (nSPS) is 10.8. The van der Waals surface area contributed by atoms with Gasteiger partial charge >= 0.3 is 0 Å². The molecule has 2 amide bonds. The molecule has 128 valence electrons. The van der Waals surface area contributed by atoms with E-state index in [-0.39, 0.29) is 0 Å². The highest BCUT2D eigenvalue weighted by Crippen LogP contribution is 2.12. The Morgan fingerprint density at radius 3 is 1.68 bits per heavy atom. The molecular weight excluding hydrogens is 316 g/mol. The van der Waals surface area contributed by atoms with Gasteiger partial charge in [0, 0.05) is 12.2 Å². The highest BCUT2D eigenvalue weighted by atomic mass is 16.5.